The summed E-state index contributed by atoms with van der Waals surface area (Å²) in [5, 5.41) is 1.70. The summed E-state index contributed by atoms with van der Waals surface area (Å²) in [5.74, 6) is -0.121. The van der Waals surface area contributed by atoms with E-state index in [0.717, 1.165) is 28.5 Å². The quantitative estimate of drug-likeness (QED) is 0.837. The predicted octanol–water partition coefficient (Wildman–Crippen LogP) is 2.85. The van der Waals surface area contributed by atoms with Crippen LogP contribution >= 0.6 is 27.3 Å². The first-order valence-corrected chi connectivity index (χ1v) is 8.86. The van der Waals surface area contributed by atoms with Crippen molar-refractivity contribution in [2.45, 2.75) is 30.4 Å². The van der Waals surface area contributed by atoms with Crippen LogP contribution in [0.25, 0.3) is 0 Å². The van der Waals surface area contributed by atoms with E-state index in [9.17, 15) is 13.2 Å². The standard InChI is InChI=1S/C11H14BrNO3S2/c1-2-3-8-6-10(14)13(7-8)18(15,16)11-9(12)4-5-17-11/h4-5,8H,2-3,6-7H2,1H3. The van der Waals surface area contributed by atoms with Crippen LogP contribution in [0.2, 0.25) is 0 Å². The number of amides is 1. The van der Waals surface area contributed by atoms with Gasteiger partial charge < -0.3 is 0 Å². The summed E-state index contributed by atoms with van der Waals surface area (Å²) in [7, 11) is -3.67. The van der Waals surface area contributed by atoms with Crippen LogP contribution in [0, 0.1) is 5.92 Å². The van der Waals surface area contributed by atoms with Crippen molar-refractivity contribution in [1.29, 1.82) is 0 Å². The number of carbonyl (C=O) groups is 1. The van der Waals surface area contributed by atoms with Crippen molar-refractivity contribution in [1.82, 2.24) is 4.31 Å². The lowest BCUT2D eigenvalue weighted by Crippen LogP contribution is -2.32. The molecule has 1 fully saturated rings. The Bertz CT molecular complexity index is 552. The third kappa shape index (κ3) is 2.48. The van der Waals surface area contributed by atoms with Crippen LogP contribution in [0.4, 0.5) is 0 Å². The summed E-state index contributed by atoms with van der Waals surface area (Å²) in [6.45, 7) is 2.36. The maximum absolute atomic E-state index is 12.4. The zero-order chi connectivity index (χ0) is 13.3. The molecule has 0 aromatic carbocycles. The van der Waals surface area contributed by atoms with Gasteiger partial charge in [0.25, 0.3) is 10.0 Å². The Morgan fingerprint density at radius 1 is 1.56 bits per heavy atom. The zero-order valence-electron chi connectivity index (χ0n) is 9.93. The minimum atomic E-state index is -3.67. The molecule has 7 heteroatoms. The molecule has 0 spiro atoms. The minimum Gasteiger partial charge on any atom is -0.274 e. The fraction of sp³-hybridized carbons (Fsp3) is 0.545. The maximum Gasteiger partial charge on any atom is 0.277 e. The number of hydrogen-bond acceptors (Lipinski definition) is 4. The molecule has 18 heavy (non-hydrogen) atoms. The fourth-order valence-electron chi connectivity index (χ4n) is 2.15. The van der Waals surface area contributed by atoms with Crippen LogP contribution in [0.15, 0.2) is 20.1 Å². The fourth-order valence-corrected chi connectivity index (χ4v) is 6.04. The number of thiophene rings is 1. The van der Waals surface area contributed by atoms with Gasteiger partial charge in [-0.15, -0.1) is 11.3 Å². The van der Waals surface area contributed by atoms with Crippen LogP contribution < -0.4 is 0 Å². The number of nitrogens with zero attached hydrogens (tertiary/aromatic N) is 1. The van der Waals surface area contributed by atoms with E-state index in [0.29, 0.717) is 17.4 Å². The molecule has 0 N–H and O–H groups in total. The van der Waals surface area contributed by atoms with Gasteiger partial charge in [-0.3, -0.25) is 4.79 Å². The largest absolute Gasteiger partial charge is 0.277 e. The first kappa shape index (κ1) is 14.0. The number of hydrogen-bond donors (Lipinski definition) is 0. The van der Waals surface area contributed by atoms with Gasteiger partial charge in [-0.1, -0.05) is 13.3 Å². The molecule has 0 radical (unpaired) electrons. The van der Waals surface area contributed by atoms with Crippen molar-refractivity contribution in [2.24, 2.45) is 5.92 Å². The Labute approximate surface area is 119 Å². The molecule has 100 valence electrons. The number of sulfonamides is 1. The molecule has 1 aliphatic rings. The minimum absolute atomic E-state index is 0.163. The first-order valence-electron chi connectivity index (χ1n) is 5.75. The van der Waals surface area contributed by atoms with Gasteiger partial charge in [0.15, 0.2) is 4.21 Å². The smallest absolute Gasteiger partial charge is 0.274 e. The lowest BCUT2D eigenvalue weighted by Gasteiger charge is -2.16. The molecule has 1 saturated heterocycles. The van der Waals surface area contributed by atoms with Crippen molar-refractivity contribution < 1.29 is 13.2 Å². The van der Waals surface area contributed by atoms with Gasteiger partial charge >= 0.3 is 0 Å². The van der Waals surface area contributed by atoms with E-state index in [-0.39, 0.29) is 16.0 Å². The lowest BCUT2D eigenvalue weighted by molar-refractivity contribution is -0.123. The van der Waals surface area contributed by atoms with E-state index in [1.165, 1.54) is 0 Å². The van der Waals surface area contributed by atoms with E-state index in [1.54, 1.807) is 11.4 Å². The maximum atomic E-state index is 12.4. The number of halogens is 1. The molecule has 0 saturated carbocycles. The monoisotopic (exact) mass is 351 g/mol. The summed E-state index contributed by atoms with van der Waals surface area (Å²) in [5.41, 5.74) is 0. The van der Waals surface area contributed by atoms with Crippen molar-refractivity contribution >= 4 is 43.2 Å². The van der Waals surface area contributed by atoms with Gasteiger partial charge in [-0.05, 0) is 39.7 Å². The molecule has 2 rings (SSSR count). The van der Waals surface area contributed by atoms with Gasteiger partial charge in [0.05, 0.1) is 0 Å². The molecule has 1 atom stereocenters. The van der Waals surface area contributed by atoms with Crippen LogP contribution in [0.3, 0.4) is 0 Å². The highest BCUT2D eigenvalue weighted by molar-refractivity contribution is 9.10. The molecular formula is C11H14BrNO3S2. The van der Waals surface area contributed by atoms with E-state index < -0.39 is 10.0 Å². The van der Waals surface area contributed by atoms with Crippen LogP contribution in [0.1, 0.15) is 26.2 Å². The second kappa shape index (κ2) is 5.30. The average Bonchev–Trinajstić information content (AvgIpc) is 2.86. The number of carbonyl (C=O) groups excluding carboxylic acids is 1. The van der Waals surface area contributed by atoms with E-state index in [2.05, 4.69) is 15.9 Å². The van der Waals surface area contributed by atoms with E-state index in [1.807, 2.05) is 6.92 Å². The SMILES string of the molecule is CCCC1CC(=O)N(S(=O)(=O)c2sccc2Br)C1. The summed E-state index contributed by atoms with van der Waals surface area (Å²) in [6, 6.07) is 1.68. The van der Waals surface area contributed by atoms with Gasteiger partial charge in [-0.2, -0.15) is 0 Å². The second-order valence-electron chi connectivity index (χ2n) is 4.34. The van der Waals surface area contributed by atoms with Gasteiger partial charge in [0, 0.05) is 17.4 Å². The topological polar surface area (TPSA) is 54.5 Å². The van der Waals surface area contributed by atoms with Crippen molar-refractivity contribution in [3.63, 3.8) is 0 Å². The van der Waals surface area contributed by atoms with Gasteiger partial charge in [-0.25, -0.2) is 12.7 Å². The van der Waals surface area contributed by atoms with Crippen LogP contribution in [-0.2, 0) is 14.8 Å². The molecule has 0 bridgehead atoms. The highest BCUT2D eigenvalue weighted by atomic mass is 79.9. The zero-order valence-corrected chi connectivity index (χ0v) is 13.1. The van der Waals surface area contributed by atoms with Crippen LogP contribution in [0.5, 0.6) is 0 Å². The second-order valence-corrected chi connectivity index (χ2v) is 8.17. The third-order valence-electron chi connectivity index (χ3n) is 2.97. The third-order valence-corrected chi connectivity index (χ3v) is 7.41. The molecule has 1 amide bonds. The van der Waals surface area contributed by atoms with Gasteiger partial charge in [0.1, 0.15) is 0 Å². The summed E-state index contributed by atoms with van der Waals surface area (Å²) < 4.78 is 26.5. The first-order chi connectivity index (χ1) is 8.46. The van der Waals surface area contributed by atoms with Crippen LogP contribution in [-0.4, -0.2) is 25.2 Å². The normalized spacial score (nSPS) is 20.7. The summed E-state index contributed by atoms with van der Waals surface area (Å²) >= 11 is 4.34. The molecular weight excluding hydrogens is 338 g/mol. The average molecular weight is 352 g/mol. The molecule has 2 heterocycles. The predicted molar refractivity (Wildman–Crippen MR) is 73.9 cm³/mol. The number of rotatable bonds is 4. The van der Waals surface area contributed by atoms with E-state index in [4.69, 9.17) is 0 Å². The molecule has 4 nitrogen and oxygen atoms in total. The van der Waals surface area contributed by atoms with Crippen molar-refractivity contribution in [3.05, 3.63) is 15.9 Å². The Balaban J connectivity index is 2.27. The highest BCUT2D eigenvalue weighted by Crippen LogP contribution is 2.34. The molecule has 1 aromatic rings. The Kier molecular flexibility index (Phi) is 4.13. The Morgan fingerprint density at radius 2 is 2.28 bits per heavy atom. The summed E-state index contributed by atoms with van der Waals surface area (Å²) in [6.07, 6.45) is 2.20. The van der Waals surface area contributed by atoms with Crippen molar-refractivity contribution in [2.75, 3.05) is 6.54 Å². The van der Waals surface area contributed by atoms with E-state index >= 15 is 0 Å². The molecule has 0 aliphatic carbocycles. The van der Waals surface area contributed by atoms with Crippen molar-refractivity contribution in [3.8, 4) is 0 Å². The molecule has 1 unspecified atom stereocenters. The molecule has 1 aliphatic heterocycles. The summed E-state index contributed by atoms with van der Waals surface area (Å²) in [4.78, 5) is 11.8. The lowest BCUT2D eigenvalue weighted by atomic mass is 10.0. The highest BCUT2D eigenvalue weighted by Gasteiger charge is 2.39. The molecule has 1 aromatic heterocycles. The Hall–Kier alpha value is -0.400. The Morgan fingerprint density at radius 3 is 2.83 bits per heavy atom. The van der Waals surface area contributed by atoms with Gasteiger partial charge in [0.2, 0.25) is 5.91 Å².